The largest absolute Gasteiger partial charge is 0.468 e. The molecule has 2 N–H and O–H groups in total. The summed E-state index contributed by atoms with van der Waals surface area (Å²) in [6, 6.07) is 7.25. The monoisotopic (exact) mass is 407 g/mol. The first kappa shape index (κ1) is 22.1. The first-order valence-corrected chi connectivity index (χ1v) is 10.6. The summed E-state index contributed by atoms with van der Waals surface area (Å²) in [7, 11) is 0.138. The van der Waals surface area contributed by atoms with E-state index < -0.39 is 10.0 Å². The number of hydrogen-bond donors (Lipinski definition) is 2. The molecular weight excluding hydrogens is 378 g/mol. The predicted molar refractivity (Wildman–Crippen MR) is 109 cm³/mol. The van der Waals surface area contributed by atoms with E-state index in [2.05, 4.69) is 10.0 Å². The number of furan rings is 1. The van der Waals surface area contributed by atoms with Crippen LogP contribution in [0.3, 0.4) is 0 Å². The highest BCUT2D eigenvalue weighted by molar-refractivity contribution is 7.89. The van der Waals surface area contributed by atoms with Crippen LogP contribution in [0.15, 0.2) is 39.8 Å². The van der Waals surface area contributed by atoms with E-state index in [1.54, 1.807) is 26.2 Å². The fourth-order valence-corrected chi connectivity index (χ4v) is 4.76. The van der Waals surface area contributed by atoms with E-state index in [4.69, 9.17) is 4.42 Å². The van der Waals surface area contributed by atoms with E-state index >= 15 is 0 Å². The van der Waals surface area contributed by atoms with E-state index in [1.165, 1.54) is 0 Å². The Kier molecular flexibility index (Phi) is 7.40. The van der Waals surface area contributed by atoms with Crippen LogP contribution in [0.5, 0.6) is 0 Å². The minimum absolute atomic E-state index is 0.0360. The first-order valence-electron chi connectivity index (χ1n) is 9.16. The Morgan fingerprint density at radius 1 is 1.18 bits per heavy atom. The molecule has 0 aliphatic rings. The van der Waals surface area contributed by atoms with Gasteiger partial charge in [0.2, 0.25) is 15.9 Å². The molecule has 7 nitrogen and oxygen atoms in total. The van der Waals surface area contributed by atoms with Crippen molar-refractivity contribution in [2.24, 2.45) is 0 Å². The molecule has 0 radical (unpaired) electrons. The lowest BCUT2D eigenvalue weighted by Gasteiger charge is -2.22. The van der Waals surface area contributed by atoms with Crippen LogP contribution in [-0.2, 0) is 14.8 Å². The number of amides is 1. The Balaban J connectivity index is 1.89. The van der Waals surface area contributed by atoms with Crippen molar-refractivity contribution in [2.45, 2.75) is 38.1 Å². The van der Waals surface area contributed by atoms with Gasteiger partial charge in [-0.3, -0.25) is 9.69 Å². The number of carbonyl (C=O) groups is 1. The number of nitrogens with zero attached hydrogens (tertiary/aromatic N) is 1. The maximum absolute atomic E-state index is 12.6. The molecule has 8 heteroatoms. The van der Waals surface area contributed by atoms with Gasteiger partial charge in [0.15, 0.2) is 0 Å². The molecule has 28 heavy (non-hydrogen) atoms. The normalized spacial score (nSPS) is 12.9. The van der Waals surface area contributed by atoms with E-state index in [9.17, 15) is 13.2 Å². The van der Waals surface area contributed by atoms with Crippen LogP contribution < -0.4 is 10.0 Å². The van der Waals surface area contributed by atoms with Gasteiger partial charge in [0.1, 0.15) is 5.76 Å². The van der Waals surface area contributed by atoms with Crippen molar-refractivity contribution in [2.75, 3.05) is 27.2 Å². The number of nitrogens with one attached hydrogen (secondary N) is 2. The van der Waals surface area contributed by atoms with Crippen molar-refractivity contribution < 1.29 is 17.6 Å². The van der Waals surface area contributed by atoms with Gasteiger partial charge in [-0.1, -0.05) is 17.7 Å². The number of benzene rings is 1. The van der Waals surface area contributed by atoms with Gasteiger partial charge in [0.25, 0.3) is 0 Å². The maximum Gasteiger partial charge on any atom is 0.241 e. The van der Waals surface area contributed by atoms with Crippen molar-refractivity contribution in [1.82, 2.24) is 14.9 Å². The highest BCUT2D eigenvalue weighted by Gasteiger charge is 2.21. The average molecular weight is 408 g/mol. The molecule has 0 aliphatic carbocycles. The molecule has 1 aromatic heterocycles. The standard InChI is InChI=1S/C20H29N3O4S/c1-14-11-15(2)20(16(3)12-14)28(25,26)22-9-8-19(24)21-13-17(23(4)5)18-7-6-10-27-18/h6-7,10-12,17,22H,8-9,13H2,1-5H3,(H,21,24). The summed E-state index contributed by atoms with van der Waals surface area (Å²) in [5, 5.41) is 2.83. The lowest BCUT2D eigenvalue weighted by Crippen LogP contribution is -2.36. The second-order valence-corrected chi connectivity index (χ2v) is 8.88. The van der Waals surface area contributed by atoms with Gasteiger partial charge in [-0.05, 0) is 58.1 Å². The van der Waals surface area contributed by atoms with E-state index in [-0.39, 0.29) is 29.8 Å². The quantitative estimate of drug-likeness (QED) is 0.665. The van der Waals surface area contributed by atoms with Crippen LogP contribution in [0, 0.1) is 20.8 Å². The molecule has 0 saturated carbocycles. The van der Waals surface area contributed by atoms with Crippen molar-refractivity contribution in [1.29, 1.82) is 0 Å². The van der Waals surface area contributed by atoms with Crippen LogP contribution in [0.2, 0.25) is 0 Å². The second kappa shape index (κ2) is 9.36. The van der Waals surface area contributed by atoms with Crippen LogP contribution in [0.25, 0.3) is 0 Å². The zero-order chi connectivity index (χ0) is 20.9. The van der Waals surface area contributed by atoms with Gasteiger partial charge in [-0.25, -0.2) is 13.1 Å². The molecule has 1 amide bonds. The summed E-state index contributed by atoms with van der Waals surface area (Å²) in [6.07, 6.45) is 1.65. The Morgan fingerprint density at radius 2 is 1.82 bits per heavy atom. The first-order chi connectivity index (χ1) is 13.1. The Labute approximate surface area is 167 Å². The zero-order valence-corrected chi connectivity index (χ0v) is 17.9. The van der Waals surface area contributed by atoms with E-state index in [0.29, 0.717) is 17.7 Å². The van der Waals surface area contributed by atoms with Gasteiger partial charge in [0, 0.05) is 19.5 Å². The third kappa shape index (κ3) is 5.67. The summed E-state index contributed by atoms with van der Waals surface area (Å²) >= 11 is 0. The molecule has 2 rings (SSSR count). The van der Waals surface area contributed by atoms with Gasteiger partial charge in [0.05, 0.1) is 17.2 Å². The SMILES string of the molecule is Cc1cc(C)c(S(=O)(=O)NCCC(=O)NCC(c2ccco2)N(C)C)c(C)c1. The second-order valence-electron chi connectivity index (χ2n) is 7.17. The van der Waals surface area contributed by atoms with Gasteiger partial charge in [-0.2, -0.15) is 0 Å². The highest BCUT2D eigenvalue weighted by atomic mass is 32.2. The molecule has 2 aromatic rings. The lowest BCUT2D eigenvalue weighted by atomic mass is 10.1. The lowest BCUT2D eigenvalue weighted by molar-refractivity contribution is -0.121. The minimum atomic E-state index is -3.67. The Hall–Kier alpha value is -2.16. The molecule has 0 spiro atoms. The van der Waals surface area contributed by atoms with Crippen LogP contribution in [-0.4, -0.2) is 46.4 Å². The average Bonchev–Trinajstić information content (AvgIpc) is 3.07. The number of likely N-dealkylation sites (N-methyl/N-ethyl adjacent to an activating group) is 1. The number of aryl methyl sites for hydroxylation is 3. The van der Waals surface area contributed by atoms with Crippen LogP contribution in [0.4, 0.5) is 0 Å². The maximum atomic E-state index is 12.6. The molecule has 0 saturated heterocycles. The molecule has 1 aromatic carbocycles. The third-order valence-electron chi connectivity index (χ3n) is 4.51. The fourth-order valence-electron chi connectivity index (χ4n) is 3.28. The smallest absolute Gasteiger partial charge is 0.241 e. The molecule has 154 valence electrons. The van der Waals surface area contributed by atoms with Gasteiger partial charge >= 0.3 is 0 Å². The van der Waals surface area contributed by atoms with E-state index in [1.807, 2.05) is 44.1 Å². The molecule has 1 unspecified atom stereocenters. The van der Waals surface area contributed by atoms with Crippen molar-refractivity contribution >= 4 is 15.9 Å². The summed E-state index contributed by atoms with van der Waals surface area (Å²) in [5.41, 5.74) is 2.41. The van der Waals surface area contributed by atoms with Gasteiger partial charge in [-0.15, -0.1) is 0 Å². The zero-order valence-electron chi connectivity index (χ0n) is 17.1. The molecular formula is C20H29N3O4S. The van der Waals surface area contributed by atoms with Crippen molar-refractivity contribution in [3.05, 3.63) is 53.0 Å². The number of carbonyl (C=O) groups excluding carboxylic acids is 1. The molecule has 0 aliphatic heterocycles. The number of rotatable bonds is 9. The van der Waals surface area contributed by atoms with Crippen molar-refractivity contribution in [3.8, 4) is 0 Å². The van der Waals surface area contributed by atoms with Crippen LogP contribution in [0.1, 0.15) is 34.9 Å². The van der Waals surface area contributed by atoms with Crippen molar-refractivity contribution in [3.63, 3.8) is 0 Å². The predicted octanol–water partition coefficient (Wildman–Crippen LogP) is 2.29. The fraction of sp³-hybridized carbons (Fsp3) is 0.450. The topological polar surface area (TPSA) is 91.6 Å². The van der Waals surface area contributed by atoms with Gasteiger partial charge < -0.3 is 9.73 Å². The molecule has 0 bridgehead atoms. The van der Waals surface area contributed by atoms with Crippen LogP contribution >= 0.6 is 0 Å². The Bertz CT molecular complexity index is 883. The summed E-state index contributed by atoms with van der Waals surface area (Å²) in [6.45, 7) is 5.89. The Morgan fingerprint density at radius 3 is 2.36 bits per heavy atom. The number of hydrogen-bond acceptors (Lipinski definition) is 5. The minimum Gasteiger partial charge on any atom is -0.468 e. The summed E-state index contributed by atoms with van der Waals surface area (Å²) in [5.74, 6) is 0.537. The molecule has 1 heterocycles. The summed E-state index contributed by atoms with van der Waals surface area (Å²) < 4.78 is 33.2. The summed E-state index contributed by atoms with van der Waals surface area (Å²) in [4.78, 5) is 14.4. The van der Waals surface area contributed by atoms with E-state index in [0.717, 1.165) is 11.3 Å². The highest BCUT2D eigenvalue weighted by Crippen LogP contribution is 2.21. The molecule has 0 fully saturated rings. The molecule has 1 atom stereocenters. The third-order valence-corrected chi connectivity index (χ3v) is 6.27. The number of sulfonamides is 1.